The fourth-order valence-corrected chi connectivity index (χ4v) is 3.70. The fraction of sp³-hybridized carbons (Fsp3) is 0.524. The normalized spacial score (nSPS) is 20.0. The second kappa shape index (κ2) is 8.54. The maximum atomic E-state index is 13.0. The molecule has 7 heteroatoms. The van der Waals surface area contributed by atoms with Crippen LogP contribution in [0.15, 0.2) is 29.5 Å². The summed E-state index contributed by atoms with van der Waals surface area (Å²) in [4.78, 5) is 25.2. The smallest absolute Gasteiger partial charge is 0.338 e. The van der Waals surface area contributed by atoms with Gasteiger partial charge in [-0.05, 0) is 52.5 Å². The number of esters is 1. The van der Waals surface area contributed by atoms with Crippen LogP contribution in [-0.2, 0) is 9.53 Å². The number of para-hydroxylation sites is 1. The van der Waals surface area contributed by atoms with Crippen molar-refractivity contribution in [1.82, 2.24) is 10.6 Å². The van der Waals surface area contributed by atoms with Gasteiger partial charge in [-0.2, -0.15) is 0 Å². The molecule has 1 saturated carbocycles. The first-order chi connectivity index (χ1) is 13.4. The number of rotatable bonds is 6. The van der Waals surface area contributed by atoms with Crippen LogP contribution in [0.2, 0.25) is 0 Å². The molecule has 0 aromatic heterocycles. The molecule has 28 heavy (non-hydrogen) atoms. The SMILES string of the molecule is COc1cccc([C@H]2NC(=O)NC(C)=C2C(=O)OC2CCCC2)c1OC(C)C. The maximum Gasteiger partial charge on any atom is 0.338 e. The van der Waals surface area contributed by atoms with E-state index in [1.54, 1.807) is 20.1 Å². The molecular formula is C21H28N2O5. The number of hydrogen-bond acceptors (Lipinski definition) is 5. The predicted octanol–water partition coefficient (Wildman–Crippen LogP) is 3.60. The van der Waals surface area contributed by atoms with Gasteiger partial charge in [0.2, 0.25) is 0 Å². The summed E-state index contributed by atoms with van der Waals surface area (Å²) in [5.41, 5.74) is 1.52. The van der Waals surface area contributed by atoms with Gasteiger partial charge in [0.1, 0.15) is 6.10 Å². The van der Waals surface area contributed by atoms with Crippen molar-refractivity contribution in [2.24, 2.45) is 0 Å². The molecule has 1 fully saturated rings. The summed E-state index contributed by atoms with van der Waals surface area (Å²) < 4.78 is 17.2. The van der Waals surface area contributed by atoms with Crippen LogP contribution in [0.4, 0.5) is 4.79 Å². The molecule has 3 rings (SSSR count). The number of carbonyl (C=O) groups excluding carboxylic acids is 2. The second-order valence-electron chi connectivity index (χ2n) is 7.43. The van der Waals surface area contributed by atoms with Gasteiger partial charge in [-0.1, -0.05) is 12.1 Å². The van der Waals surface area contributed by atoms with E-state index in [0.717, 1.165) is 25.7 Å². The van der Waals surface area contributed by atoms with Crippen LogP contribution < -0.4 is 20.1 Å². The topological polar surface area (TPSA) is 85.9 Å². The molecule has 0 bridgehead atoms. The highest BCUT2D eigenvalue weighted by molar-refractivity contribution is 5.95. The Hall–Kier alpha value is -2.70. The van der Waals surface area contributed by atoms with Crippen LogP contribution in [0.3, 0.4) is 0 Å². The van der Waals surface area contributed by atoms with Crippen molar-refractivity contribution < 1.29 is 23.8 Å². The molecule has 1 aromatic carbocycles. The third kappa shape index (κ3) is 4.24. The first-order valence-electron chi connectivity index (χ1n) is 9.73. The second-order valence-corrected chi connectivity index (χ2v) is 7.43. The summed E-state index contributed by atoms with van der Waals surface area (Å²) >= 11 is 0. The Kier molecular flexibility index (Phi) is 6.11. The molecule has 152 valence electrons. The largest absolute Gasteiger partial charge is 0.493 e. The fourth-order valence-electron chi connectivity index (χ4n) is 3.70. The zero-order chi connectivity index (χ0) is 20.3. The van der Waals surface area contributed by atoms with E-state index in [0.29, 0.717) is 28.3 Å². The minimum absolute atomic E-state index is 0.0669. The Balaban J connectivity index is 2.01. The average molecular weight is 388 g/mol. The Morgan fingerprint density at radius 3 is 2.57 bits per heavy atom. The number of methoxy groups -OCH3 is 1. The number of allylic oxidation sites excluding steroid dienone is 1. The number of urea groups is 1. The van der Waals surface area contributed by atoms with Crippen LogP contribution in [0.1, 0.15) is 58.1 Å². The van der Waals surface area contributed by atoms with Crippen molar-refractivity contribution in [2.45, 2.75) is 64.7 Å². The monoisotopic (exact) mass is 388 g/mol. The molecule has 1 aliphatic carbocycles. The zero-order valence-electron chi connectivity index (χ0n) is 16.8. The first-order valence-corrected chi connectivity index (χ1v) is 9.73. The van der Waals surface area contributed by atoms with Gasteiger partial charge >= 0.3 is 12.0 Å². The van der Waals surface area contributed by atoms with Crippen molar-refractivity contribution in [1.29, 1.82) is 0 Å². The highest BCUT2D eigenvalue weighted by Crippen LogP contribution is 2.40. The molecule has 2 N–H and O–H groups in total. The molecule has 0 saturated heterocycles. The quantitative estimate of drug-likeness (QED) is 0.728. The Morgan fingerprint density at radius 2 is 1.93 bits per heavy atom. The molecular weight excluding hydrogens is 360 g/mol. The molecule has 1 aromatic rings. The summed E-state index contributed by atoms with van der Waals surface area (Å²) in [7, 11) is 1.56. The summed E-state index contributed by atoms with van der Waals surface area (Å²) in [6.07, 6.45) is 3.72. The van der Waals surface area contributed by atoms with Crippen molar-refractivity contribution in [3.05, 3.63) is 35.0 Å². The molecule has 7 nitrogen and oxygen atoms in total. The summed E-state index contributed by atoms with van der Waals surface area (Å²) in [6.45, 7) is 5.53. The number of carbonyl (C=O) groups is 2. The Labute approximate surface area is 165 Å². The molecule has 0 spiro atoms. The van der Waals surface area contributed by atoms with Crippen molar-refractivity contribution in [2.75, 3.05) is 7.11 Å². The highest BCUT2D eigenvalue weighted by atomic mass is 16.5. The van der Waals surface area contributed by atoms with Gasteiger partial charge in [-0.3, -0.25) is 0 Å². The number of hydrogen-bond donors (Lipinski definition) is 2. The summed E-state index contributed by atoms with van der Waals surface area (Å²) in [5.74, 6) is 0.631. The Bertz CT molecular complexity index is 781. The lowest BCUT2D eigenvalue weighted by atomic mass is 9.94. The van der Waals surface area contributed by atoms with Gasteiger partial charge in [-0.25, -0.2) is 9.59 Å². The van der Waals surface area contributed by atoms with E-state index in [9.17, 15) is 9.59 Å². The van der Waals surface area contributed by atoms with Crippen LogP contribution in [-0.4, -0.2) is 31.3 Å². The van der Waals surface area contributed by atoms with Crippen LogP contribution in [0, 0.1) is 0 Å². The van der Waals surface area contributed by atoms with Crippen LogP contribution in [0.5, 0.6) is 11.5 Å². The van der Waals surface area contributed by atoms with Crippen molar-refractivity contribution in [3.8, 4) is 11.5 Å². The number of benzene rings is 1. The molecule has 1 aliphatic heterocycles. The van der Waals surface area contributed by atoms with Gasteiger partial charge in [0, 0.05) is 11.3 Å². The van der Waals surface area contributed by atoms with Crippen molar-refractivity contribution >= 4 is 12.0 Å². The van der Waals surface area contributed by atoms with Crippen LogP contribution in [0.25, 0.3) is 0 Å². The average Bonchev–Trinajstić information content (AvgIpc) is 3.13. The molecule has 1 heterocycles. The number of amides is 2. The molecule has 0 radical (unpaired) electrons. The van der Waals surface area contributed by atoms with E-state index in [1.807, 2.05) is 26.0 Å². The lowest BCUT2D eigenvalue weighted by Gasteiger charge is -2.30. The molecule has 0 unspecified atom stereocenters. The van der Waals surface area contributed by atoms with Crippen LogP contribution >= 0.6 is 0 Å². The summed E-state index contributed by atoms with van der Waals surface area (Å²) in [6, 6.07) is 4.36. The lowest BCUT2D eigenvalue weighted by Crippen LogP contribution is -2.45. The van der Waals surface area contributed by atoms with Gasteiger partial charge in [0.15, 0.2) is 11.5 Å². The molecule has 1 atom stereocenters. The van der Waals surface area contributed by atoms with E-state index < -0.39 is 12.0 Å². The lowest BCUT2D eigenvalue weighted by molar-refractivity contribution is -0.144. The van der Waals surface area contributed by atoms with E-state index in [1.165, 1.54) is 0 Å². The highest BCUT2D eigenvalue weighted by Gasteiger charge is 2.36. The predicted molar refractivity (Wildman–Crippen MR) is 104 cm³/mol. The molecule has 2 aliphatic rings. The first kappa shape index (κ1) is 20.0. The maximum absolute atomic E-state index is 13.0. The number of ether oxygens (including phenoxy) is 3. The Morgan fingerprint density at radius 1 is 1.21 bits per heavy atom. The van der Waals surface area contributed by atoms with E-state index in [4.69, 9.17) is 14.2 Å². The van der Waals surface area contributed by atoms with Gasteiger partial charge in [0.25, 0.3) is 0 Å². The third-order valence-electron chi connectivity index (χ3n) is 4.96. The van der Waals surface area contributed by atoms with E-state index >= 15 is 0 Å². The summed E-state index contributed by atoms with van der Waals surface area (Å²) in [5, 5.41) is 5.52. The van der Waals surface area contributed by atoms with Gasteiger partial charge in [0.05, 0.1) is 24.8 Å². The number of nitrogens with one attached hydrogen (secondary N) is 2. The minimum Gasteiger partial charge on any atom is -0.493 e. The minimum atomic E-state index is -0.688. The standard InChI is InChI=1S/C21H28N2O5/c1-12(2)27-19-15(10-7-11-16(19)26-4)18-17(13(3)22-21(25)23-18)20(24)28-14-8-5-6-9-14/h7,10-12,14,18H,5-6,8-9H2,1-4H3,(H2,22,23,25)/t18-/m1/s1. The zero-order valence-corrected chi connectivity index (χ0v) is 16.8. The third-order valence-corrected chi connectivity index (χ3v) is 4.96. The van der Waals surface area contributed by atoms with E-state index in [2.05, 4.69) is 10.6 Å². The van der Waals surface area contributed by atoms with Crippen molar-refractivity contribution in [3.63, 3.8) is 0 Å². The molecule has 2 amide bonds. The van der Waals surface area contributed by atoms with Gasteiger partial charge in [-0.15, -0.1) is 0 Å². The van der Waals surface area contributed by atoms with E-state index in [-0.39, 0.29) is 18.2 Å². The van der Waals surface area contributed by atoms with Gasteiger partial charge < -0.3 is 24.8 Å².